The lowest BCUT2D eigenvalue weighted by Crippen LogP contribution is -2.32. The molecule has 0 saturated carbocycles. The number of likely N-dealkylation sites (tertiary alicyclic amines) is 1. The van der Waals surface area contributed by atoms with E-state index in [2.05, 4.69) is 32.9 Å². The Morgan fingerprint density at radius 3 is 2.44 bits per heavy atom. The fourth-order valence-corrected chi connectivity index (χ4v) is 4.69. The summed E-state index contributed by atoms with van der Waals surface area (Å²) in [4.78, 5) is 11.7. The van der Waals surface area contributed by atoms with Gasteiger partial charge in [0.2, 0.25) is 0 Å². The molecule has 1 aromatic heterocycles. The number of para-hydroxylation sites is 1. The van der Waals surface area contributed by atoms with Crippen LogP contribution in [0.25, 0.3) is 22.3 Å². The molecule has 0 unspecified atom stereocenters. The standard InChI is InChI=1S/C28H29BrN4O3/c1-33-13-11-18(12-14-33)17-35-26-16-23-21(15-25(26)34-2)27(30)32-28(31-23)19-7-9-20(10-8-19)36-24-6-4-3-5-22(24)29/h3-10,15-16,18H,11-14,17H2,1-2H3,(H2,30,31,32). The summed E-state index contributed by atoms with van der Waals surface area (Å²) in [6, 6.07) is 19.1. The highest BCUT2D eigenvalue weighted by Gasteiger charge is 2.19. The van der Waals surface area contributed by atoms with E-state index in [9.17, 15) is 0 Å². The SMILES string of the molecule is COc1cc2c(N)nc(-c3ccc(Oc4ccccc4Br)cc3)nc2cc1OCC1CCN(C)CC1. The van der Waals surface area contributed by atoms with Crippen LogP contribution in [0.1, 0.15) is 12.8 Å². The number of nitrogen functional groups attached to an aromatic ring is 1. The Morgan fingerprint density at radius 1 is 0.972 bits per heavy atom. The van der Waals surface area contributed by atoms with Crippen LogP contribution in [0.3, 0.4) is 0 Å². The summed E-state index contributed by atoms with van der Waals surface area (Å²) in [5.74, 6) is 4.23. The topological polar surface area (TPSA) is 82.7 Å². The van der Waals surface area contributed by atoms with Crippen LogP contribution in [0.5, 0.6) is 23.0 Å². The van der Waals surface area contributed by atoms with Gasteiger partial charge < -0.3 is 24.8 Å². The summed E-state index contributed by atoms with van der Waals surface area (Å²) in [5, 5.41) is 0.733. The molecule has 186 valence electrons. The van der Waals surface area contributed by atoms with E-state index < -0.39 is 0 Å². The number of nitrogens with zero attached hydrogens (tertiary/aromatic N) is 3. The van der Waals surface area contributed by atoms with Gasteiger partial charge in [-0.05, 0) is 97.3 Å². The van der Waals surface area contributed by atoms with Gasteiger partial charge in [-0.1, -0.05) is 12.1 Å². The van der Waals surface area contributed by atoms with Crippen molar-refractivity contribution in [3.05, 3.63) is 65.1 Å². The van der Waals surface area contributed by atoms with Crippen LogP contribution < -0.4 is 19.9 Å². The zero-order valence-corrected chi connectivity index (χ0v) is 22.0. The maximum atomic E-state index is 6.34. The Balaban J connectivity index is 1.38. The van der Waals surface area contributed by atoms with Crippen molar-refractivity contribution >= 4 is 32.7 Å². The highest BCUT2D eigenvalue weighted by Crippen LogP contribution is 2.36. The van der Waals surface area contributed by atoms with Gasteiger partial charge in [0, 0.05) is 17.0 Å². The van der Waals surface area contributed by atoms with E-state index in [1.807, 2.05) is 60.7 Å². The largest absolute Gasteiger partial charge is 0.493 e. The number of rotatable bonds is 7. The molecule has 1 fully saturated rings. The molecule has 2 heterocycles. The van der Waals surface area contributed by atoms with E-state index in [-0.39, 0.29) is 0 Å². The normalized spacial score (nSPS) is 14.6. The second-order valence-corrected chi connectivity index (χ2v) is 9.92. The molecule has 0 atom stereocenters. The van der Waals surface area contributed by atoms with Gasteiger partial charge in [-0.3, -0.25) is 0 Å². The van der Waals surface area contributed by atoms with Crippen molar-refractivity contribution in [1.82, 2.24) is 14.9 Å². The third kappa shape index (κ3) is 5.39. The number of hydrogen-bond donors (Lipinski definition) is 1. The van der Waals surface area contributed by atoms with Gasteiger partial charge in [-0.15, -0.1) is 0 Å². The van der Waals surface area contributed by atoms with E-state index in [0.717, 1.165) is 47.1 Å². The summed E-state index contributed by atoms with van der Waals surface area (Å²) in [5.41, 5.74) is 7.89. The van der Waals surface area contributed by atoms with E-state index in [1.54, 1.807) is 7.11 Å². The molecule has 0 spiro atoms. The van der Waals surface area contributed by atoms with E-state index in [1.165, 1.54) is 0 Å². The first-order valence-electron chi connectivity index (χ1n) is 12.0. The Hall–Kier alpha value is -3.36. The van der Waals surface area contributed by atoms with E-state index in [4.69, 9.17) is 24.9 Å². The summed E-state index contributed by atoms with van der Waals surface area (Å²) >= 11 is 3.51. The molecule has 0 radical (unpaired) electrons. The Kier molecular flexibility index (Phi) is 7.25. The molecule has 0 amide bonds. The number of halogens is 1. The number of ether oxygens (including phenoxy) is 3. The molecule has 1 saturated heterocycles. The first kappa shape index (κ1) is 24.3. The monoisotopic (exact) mass is 548 g/mol. The fraction of sp³-hybridized carbons (Fsp3) is 0.286. The molecule has 8 heteroatoms. The van der Waals surface area contributed by atoms with Crippen LogP contribution in [0, 0.1) is 5.92 Å². The minimum absolute atomic E-state index is 0.392. The van der Waals surface area contributed by atoms with Gasteiger partial charge in [0.1, 0.15) is 17.3 Å². The van der Waals surface area contributed by atoms with Gasteiger partial charge in [0.15, 0.2) is 17.3 Å². The lowest BCUT2D eigenvalue weighted by atomic mass is 9.98. The number of piperidine rings is 1. The zero-order chi connectivity index (χ0) is 25.1. The summed E-state index contributed by atoms with van der Waals surface area (Å²) in [7, 11) is 3.79. The third-order valence-corrected chi connectivity index (χ3v) is 7.16. The van der Waals surface area contributed by atoms with Crippen LogP contribution >= 0.6 is 15.9 Å². The second kappa shape index (κ2) is 10.7. The maximum absolute atomic E-state index is 6.34. The molecule has 1 aliphatic heterocycles. The van der Waals surface area contributed by atoms with Gasteiger partial charge in [-0.2, -0.15) is 0 Å². The molecule has 36 heavy (non-hydrogen) atoms. The molecule has 1 aliphatic rings. The van der Waals surface area contributed by atoms with Crippen molar-refractivity contribution in [2.45, 2.75) is 12.8 Å². The number of nitrogens with two attached hydrogens (primary N) is 1. The first-order valence-corrected chi connectivity index (χ1v) is 12.8. The van der Waals surface area contributed by atoms with Crippen molar-refractivity contribution in [1.29, 1.82) is 0 Å². The van der Waals surface area contributed by atoms with Gasteiger partial charge >= 0.3 is 0 Å². The van der Waals surface area contributed by atoms with E-state index >= 15 is 0 Å². The summed E-state index contributed by atoms with van der Waals surface area (Å²) < 4.78 is 18.7. The first-order chi connectivity index (χ1) is 17.5. The third-order valence-electron chi connectivity index (χ3n) is 6.50. The van der Waals surface area contributed by atoms with Crippen LogP contribution in [0.15, 0.2) is 65.1 Å². The lowest BCUT2D eigenvalue weighted by molar-refractivity contribution is 0.157. The van der Waals surface area contributed by atoms with Gasteiger partial charge in [0.05, 0.1) is 23.7 Å². The minimum Gasteiger partial charge on any atom is -0.493 e. The van der Waals surface area contributed by atoms with Crippen molar-refractivity contribution in [2.24, 2.45) is 5.92 Å². The number of benzene rings is 3. The second-order valence-electron chi connectivity index (χ2n) is 9.07. The maximum Gasteiger partial charge on any atom is 0.163 e. The molecule has 5 rings (SSSR count). The van der Waals surface area contributed by atoms with E-state index in [0.29, 0.717) is 46.9 Å². The number of anilines is 1. The number of methoxy groups -OCH3 is 1. The highest BCUT2D eigenvalue weighted by atomic mass is 79.9. The molecular weight excluding hydrogens is 520 g/mol. The summed E-state index contributed by atoms with van der Waals surface area (Å²) in [6.45, 7) is 2.85. The predicted octanol–water partition coefficient (Wildman–Crippen LogP) is 6.16. The molecular formula is C28H29BrN4O3. The van der Waals surface area contributed by atoms with Crippen LogP contribution in [-0.4, -0.2) is 48.7 Å². The number of hydrogen-bond acceptors (Lipinski definition) is 7. The van der Waals surface area contributed by atoms with Crippen molar-refractivity contribution in [3.8, 4) is 34.4 Å². The Bertz CT molecular complexity index is 1360. The van der Waals surface area contributed by atoms with Crippen LogP contribution in [-0.2, 0) is 0 Å². The molecule has 2 N–H and O–H groups in total. The minimum atomic E-state index is 0.392. The molecule has 0 bridgehead atoms. The fourth-order valence-electron chi connectivity index (χ4n) is 4.32. The number of fused-ring (bicyclic) bond motifs is 1. The highest BCUT2D eigenvalue weighted by molar-refractivity contribution is 9.10. The molecule has 0 aliphatic carbocycles. The number of aromatic nitrogens is 2. The van der Waals surface area contributed by atoms with Crippen molar-refractivity contribution in [3.63, 3.8) is 0 Å². The van der Waals surface area contributed by atoms with Crippen molar-refractivity contribution < 1.29 is 14.2 Å². The zero-order valence-electron chi connectivity index (χ0n) is 20.4. The summed E-state index contributed by atoms with van der Waals surface area (Å²) in [6.07, 6.45) is 2.26. The average molecular weight is 549 g/mol. The quantitative estimate of drug-likeness (QED) is 0.296. The smallest absolute Gasteiger partial charge is 0.163 e. The predicted molar refractivity (Wildman–Crippen MR) is 146 cm³/mol. The Morgan fingerprint density at radius 2 is 1.72 bits per heavy atom. The Labute approximate surface area is 219 Å². The van der Waals surface area contributed by atoms with Gasteiger partial charge in [0.25, 0.3) is 0 Å². The lowest BCUT2D eigenvalue weighted by Gasteiger charge is -2.28. The molecule has 3 aromatic carbocycles. The molecule has 4 aromatic rings. The van der Waals surface area contributed by atoms with Crippen LogP contribution in [0.4, 0.5) is 5.82 Å². The van der Waals surface area contributed by atoms with Gasteiger partial charge in [-0.25, -0.2) is 9.97 Å². The van der Waals surface area contributed by atoms with Crippen molar-refractivity contribution in [2.75, 3.05) is 39.6 Å². The average Bonchev–Trinajstić information content (AvgIpc) is 2.89. The molecule has 7 nitrogen and oxygen atoms in total. The van der Waals surface area contributed by atoms with Crippen LogP contribution in [0.2, 0.25) is 0 Å².